The second kappa shape index (κ2) is 12.1. The van der Waals surface area contributed by atoms with Gasteiger partial charge in [-0.1, -0.05) is 0 Å². The molecule has 3 amide bonds. The first-order valence-corrected chi connectivity index (χ1v) is 13.9. The molecule has 1 aliphatic heterocycles. The highest BCUT2D eigenvalue weighted by Gasteiger charge is 2.21. The second-order valence-electron chi connectivity index (χ2n) is 10.3. The number of morpholine rings is 1. The molecular formula is C32H28F2N6O4. The Morgan fingerprint density at radius 3 is 2.25 bits per heavy atom. The number of carbonyl (C=O) groups excluding carboxylic acids is 2. The molecule has 5 aromatic rings. The average molecular weight is 599 g/mol. The van der Waals surface area contributed by atoms with Gasteiger partial charge in [0.15, 0.2) is 5.82 Å². The van der Waals surface area contributed by atoms with Crippen LogP contribution in [0, 0.1) is 18.6 Å². The first kappa shape index (κ1) is 28.7. The van der Waals surface area contributed by atoms with Gasteiger partial charge in [-0.3, -0.25) is 4.79 Å². The van der Waals surface area contributed by atoms with E-state index in [9.17, 15) is 14.0 Å². The van der Waals surface area contributed by atoms with Crippen LogP contribution in [0.2, 0.25) is 0 Å². The number of fused-ring (bicyclic) bond motifs is 1. The van der Waals surface area contributed by atoms with Crippen molar-refractivity contribution in [3.63, 3.8) is 0 Å². The third-order valence-corrected chi connectivity index (χ3v) is 7.02. The summed E-state index contributed by atoms with van der Waals surface area (Å²) >= 11 is 0. The number of aromatic nitrogens is 2. The lowest BCUT2D eigenvalue weighted by atomic mass is 10.1. The summed E-state index contributed by atoms with van der Waals surface area (Å²) in [6.07, 6.45) is 0. The van der Waals surface area contributed by atoms with Crippen molar-refractivity contribution in [2.45, 2.75) is 13.8 Å². The summed E-state index contributed by atoms with van der Waals surface area (Å²) in [5.74, 6) is 0.605. The Labute approximate surface area is 251 Å². The van der Waals surface area contributed by atoms with E-state index in [2.05, 4.69) is 20.9 Å². The third-order valence-electron chi connectivity index (χ3n) is 7.02. The predicted octanol–water partition coefficient (Wildman–Crippen LogP) is 6.58. The molecule has 3 heterocycles. The minimum Gasteiger partial charge on any atom is -0.461 e. The van der Waals surface area contributed by atoms with Crippen LogP contribution < -0.4 is 20.9 Å². The van der Waals surface area contributed by atoms with Crippen LogP contribution in [0.5, 0.6) is 0 Å². The Hall–Kier alpha value is -5.36. The Balaban J connectivity index is 1.26. The molecular weight excluding hydrogens is 570 g/mol. The molecule has 1 aliphatic rings. The first-order chi connectivity index (χ1) is 21.2. The molecule has 0 aliphatic carbocycles. The van der Waals surface area contributed by atoms with Gasteiger partial charge >= 0.3 is 6.03 Å². The van der Waals surface area contributed by atoms with E-state index in [0.717, 1.165) is 6.07 Å². The molecule has 10 nitrogen and oxygen atoms in total. The number of ether oxygens (including phenoxy) is 1. The number of anilines is 4. The Morgan fingerprint density at radius 1 is 0.841 bits per heavy atom. The molecule has 6 rings (SSSR count). The summed E-state index contributed by atoms with van der Waals surface area (Å²) in [5, 5.41) is 8.23. The van der Waals surface area contributed by atoms with E-state index < -0.39 is 23.6 Å². The molecule has 224 valence electrons. The number of hydrogen-bond acceptors (Lipinski definition) is 7. The summed E-state index contributed by atoms with van der Waals surface area (Å²) < 4.78 is 40.8. The number of carbonyl (C=O) groups is 2. The van der Waals surface area contributed by atoms with Crippen LogP contribution in [0.15, 0.2) is 71.1 Å². The molecule has 12 heteroatoms. The highest BCUT2D eigenvalue weighted by atomic mass is 19.1. The van der Waals surface area contributed by atoms with Crippen LogP contribution in [0.1, 0.15) is 12.7 Å². The summed E-state index contributed by atoms with van der Waals surface area (Å²) in [5.41, 5.74) is 2.25. The molecule has 3 aromatic carbocycles. The van der Waals surface area contributed by atoms with Gasteiger partial charge in [-0.2, -0.15) is 0 Å². The number of aryl methyl sites for hydroxylation is 1. The van der Waals surface area contributed by atoms with Crippen LogP contribution in [0.4, 0.5) is 36.5 Å². The number of halogens is 2. The minimum atomic E-state index is -0.677. The highest BCUT2D eigenvalue weighted by Crippen LogP contribution is 2.34. The van der Waals surface area contributed by atoms with E-state index in [1.165, 1.54) is 25.1 Å². The lowest BCUT2D eigenvalue weighted by Gasteiger charge is -2.29. The van der Waals surface area contributed by atoms with E-state index in [1.54, 1.807) is 49.4 Å². The molecule has 1 saturated heterocycles. The predicted molar refractivity (Wildman–Crippen MR) is 164 cm³/mol. The van der Waals surface area contributed by atoms with Crippen molar-refractivity contribution in [1.29, 1.82) is 0 Å². The smallest absolute Gasteiger partial charge is 0.323 e. The van der Waals surface area contributed by atoms with Crippen molar-refractivity contribution in [1.82, 2.24) is 9.97 Å². The zero-order valence-corrected chi connectivity index (χ0v) is 23.9. The Morgan fingerprint density at radius 2 is 1.57 bits per heavy atom. The van der Waals surface area contributed by atoms with E-state index in [4.69, 9.17) is 19.1 Å². The summed E-state index contributed by atoms with van der Waals surface area (Å²) in [4.78, 5) is 35.4. The van der Waals surface area contributed by atoms with Gasteiger partial charge < -0.3 is 30.0 Å². The molecule has 2 aromatic heterocycles. The zero-order valence-electron chi connectivity index (χ0n) is 23.9. The summed E-state index contributed by atoms with van der Waals surface area (Å²) in [6.45, 7) is 5.34. The molecule has 0 radical (unpaired) electrons. The quantitative estimate of drug-likeness (QED) is 0.202. The summed E-state index contributed by atoms with van der Waals surface area (Å²) in [6, 6.07) is 16.9. The maximum Gasteiger partial charge on any atom is 0.323 e. The number of furan rings is 1. The monoisotopic (exact) mass is 598 g/mol. The normalized spacial score (nSPS) is 13.1. The van der Waals surface area contributed by atoms with Crippen LogP contribution in [-0.2, 0) is 9.53 Å². The third kappa shape index (κ3) is 6.20. The molecule has 1 fully saturated rings. The average Bonchev–Trinajstić information content (AvgIpc) is 3.44. The highest BCUT2D eigenvalue weighted by molar-refractivity contribution is 6.00. The molecule has 0 saturated carbocycles. The van der Waals surface area contributed by atoms with Gasteiger partial charge in [0.1, 0.15) is 29.0 Å². The minimum absolute atomic E-state index is 0.0177. The van der Waals surface area contributed by atoms with Crippen molar-refractivity contribution in [2.75, 3.05) is 47.2 Å². The van der Waals surface area contributed by atoms with Gasteiger partial charge in [-0.05, 0) is 73.7 Å². The summed E-state index contributed by atoms with van der Waals surface area (Å²) in [7, 11) is 0. The van der Waals surface area contributed by atoms with Gasteiger partial charge in [0.05, 0.1) is 30.0 Å². The number of nitrogens with one attached hydrogen (secondary N) is 3. The lowest BCUT2D eigenvalue weighted by Crippen LogP contribution is -2.37. The number of benzene rings is 3. The molecule has 0 unspecified atom stereocenters. The van der Waals surface area contributed by atoms with Crippen molar-refractivity contribution in [2.24, 2.45) is 0 Å². The molecule has 0 atom stereocenters. The molecule has 44 heavy (non-hydrogen) atoms. The van der Waals surface area contributed by atoms with Crippen molar-refractivity contribution >= 4 is 45.7 Å². The molecule has 3 N–H and O–H groups in total. The van der Waals surface area contributed by atoms with Gasteiger partial charge in [-0.25, -0.2) is 23.5 Å². The van der Waals surface area contributed by atoms with Crippen LogP contribution in [0.25, 0.3) is 33.6 Å². The number of urea groups is 1. The maximum atomic E-state index is 15.3. The SMILES string of the molecule is CC(=O)Nc1ccc(NC(=O)Nc2ccc(-c3nc(N4CCOCC4)c4cc(F)c(-c5ccc(C)o5)cc4n3)cc2)cc1F. The van der Waals surface area contributed by atoms with E-state index >= 15 is 4.39 Å². The number of rotatable bonds is 6. The standard InChI is InChI=1S/C32H28F2N6O4/c1-18-3-10-29(44-18)23-17-28-24(16-25(23)33)31(40-11-13-43-14-12-40)39-30(38-28)20-4-6-21(7-5-20)36-32(42)37-22-8-9-27(26(34)15-22)35-19(2)41/h3-10,15-17H,11-14H2,1-2H3,(H,35,41)(H2,36,37,42). The number of amides is 3. The second-order valence-corrected chi connectivity index (χ2v) is 10.3. The maximum absolute atomic E-state index is 15.3. The van der Waals surface area contributed by atoms with Gasteiger partial charge in [0.25, 0.3) is 0 Å². The molecule has 0 bridgehead atoms. The molecule has 0 spiro atoms. The Bertz CT molecular complexity index is 1870. The van der Waals surface area contributed by atoms with Crippen molar-refractivity contribution in [3.05, 3.63) is 84.1 Å². The topological polar surface area (TPSA) is 122 Å². The van der Waals surface area contributed by atoms with Crippen LogP contribution >= 0.6 is 0 Å². The van der Waals surface area contributed by atoms with E-state index in [-0.39, 0.29) is 11.4 Å². The number of nitrogens with zero attached hydrogens (tertiary/aromatic N) is 3. The van der Waals surface area contributed by atoms with Crippen molar-refractivity contribution in [3.8, 4) is 22.7 Å². The van der Waals surface area contributed by atoms with E-state index in [0.29, 0.717) is 77.2 Å². The fourth-order valence-corrected chi connectivity index (χ4v) is 4.93. The largest absolute Gasteiger partial charge is 0.461 e. The van der Waals surface area contributed by atoms with Gasteiger partial charge in [0, 0.05) is 42.3 Å². The number of hydrogen-bond donors (Lipinski definition) is 3. The fourth-order valence-electron chi connectivity index (χ4n) is 4.93. The first-order valence-electron chi connectivity index (χ1n) is 13.9. The van der Waals surface area contributed by atoms with Crippen LogP contribution in [0.3, 0.4) is 0 Å². The lowest BCUT2D eigenvalue weighted by molar-refractivity contribution is -0.114. The van der Waals surface area contributed by atoms with Crippen molar-refractivity contribution < 1.29 is 27.5 Å². The Kier molecular flexibility index (Phi) is 7.90. The fraction of sp³-hybridized carbons (Fsp3) is 0.188. The zero-order chi connectivity index (χ0) is 30.8. The van der Waals surface area contributed by atoms with Gasteiger partial charge in [-0.15, -0.1) is 0 Å². The van der Waals surface area contributed by atoms with Crippen LogP contribution in [-0.4, -0.2) is 48.2 Å². The van der Waals surface area contributed by atoms with Gasteiger partial charge in [0.2, 0.25) is 5.91 Å². The van der Waals surface area contributed by atoms with E-state index in [1.807, 2.05) is 0 Å².